The molecule has 0 aliphatic heterocycles. The Hall–Kier alpha value is -1.82. The zero-order chi connectivity index (χ0) is 8.55. The van der Waals surface area contributed by atoms with Gasteiger partial charge < -0.3 is 4.98 Å². The number of rotatable bonds is 0. The first-order chi connectivity index (χ1) is 5.83. The molecule has 1 N–H and O–H groups in total. The first-order valence-electron chi connectivity index (χ1n) is 3.58. The van der Waals surface area contributed by atoms with Gasteiger partial charge in [0.15, 0.2) is 0 Å². The van der Waals surface area contributed by atoms with Crippen molar-refractivity contribution < 1.29 is 1.37 Å². The molecule has 2 rings (SSSR count). The van der Waals surface area contributed by atoms with E-state index in [9.17, 15) is 0 Å². The predicted molar refractivity (Wildman–Crippen MR) is 41.8 cm³/mol. The molecular weight excluding hydrogens is 138 g/mol. The van der Waals surface area contributed by atoms with E-state index in [1.54, 1.807) is 6.20 Å². The Balaban J connectivity index is 2.95. The van der Waals surface area contributed by atoms with Crippen LogP contribution in [0, 0.1) is 12.3 Å². The molecule has 0 spiro atoms. The highest BCUT2D eigenvalue weighted by Crippen LogP contribution is 2.12. The summed E-state index contributed by atoms with van der Waals surface area (Å²) in [5.41, 5.74) is 1.25. The quantitative estimate of drug-likeness (QED) is 0.559. The second kappa shape index (κ2) is 2.10. The summed E-state index contributed by atoms with van der Waals surface area (Å²) in [4.78, 5) is 10.5. The van der Waals surface area contributed by atoms with Crippen molar-refractivity contribution in [1.29, 1.82) is 0 Å². The molecule has 0 aliphatic carbocycles. The number of nitrogens with one attached hydrogen (secondary N) is 1. The van der Waals surface area contributed by atoms with Gasteiger partial charge in [0.1, 0.15) is 12.0 Å². The standard InChI is InChI=1S/C8H5N3/c1-2-6-3-10-8-7(6)4-9-5-11-8/h1,3-5H,(H,9,10,11)/i4D. The van der Waals surface area contributed by atoms with Crippen LogP contribution in [0.5, 0.6) is 0 Å². The van der Waals surface area contributed by atoms with Gasteiger partial charge >= 0.3 is 0 Å². The number of terminal acetylenes is 1. The van der Waals surface area contributed by atoms with Gasteiger partial charge in [-0.05, 0) is 0 Å². The fourth-order valence-electron chi connectivity index (χ4n) is 0.921. The number of aromatic amines is 1. The van der Waals surface area contributed by atoms with Crippen molar-refractivity contribution in [2.75, 3.05) is 0 Å². The van der Waals surface area contributed by atoms with Crippen molar-refractivity contribution in [2.45, 2.75) is 0 Å². The van der Waals surface area contributed by atoms with E-state index in [2.05, 4.69) is 20.9 Å². The van der Waals surface area contributed by atoms with Crippen molar-refractivity contribution in [3.63, 3.8) is 0 Å². The molecule has 2 aromatic heterocycles. The topological polar surface area (TPSA) is 41.6 Å². The molecule has 0 radical (unpaired) electrons. The van der Waals surface area contributed by atoms with E-state index < -0.39 is 0 Å². The van der Waals surface area contributed by atoms with Gasteiger partial charge in [0.05, 0.1) is 12.3 Å². The zero-order valence-electron chi connectivity index (χ0n) is 6.63. The van der Waals surface area contributed by atoms with Gasteiger partial charge in [0, 0.05) is 12.4 Å². The van der Waals surface area contributed by atoms with Gasteiger partial charge in [-0.1, -0.05) is 5.92 Å². The van der Waals surface area contributed by atoms with Gasteiger partial charge in [-0.2, -0.15) is 0 Å². The molecule has 2 heterocycles. The third-order valence-corrected chi connectivity index (χ3v) is 1.44. The Labute approximate surface area is 64.9 Å². The van der Waals surface area contributed by atoms with Crippen LogP contribution in [0.15, 0.2) is 18.7 Å². The summed E-state index contributed by atoms with van der Waals surface area (Å²) in [5, 5.41) is 0.611. The Morgan fingerprint density at radius 3 is 3.45 bits per heavy atom. The second-order valence-corrected chi connectivity index (χ2v) is 2.06. The minimum absolute atomic E-state index is 0.161. The highest BCUT2D eigenvalue weighted by molar-refractivity contribution is 5.81. The summed E-state index contributed by atoms with van der Waals surface area (Å²) < 4.78 is 7.46. The van der Waals surface area contributed by atoms with Crippen LogP contribution >= 0.6 is 0 Å². The molecule has 2 aromatic rings. The molecule has 3 nitrogen and oxygen atoms in total. The van der Waals surface area contributed by atoms with Gasteiger partial charge in [-0.15, -0.1) is 6.42 Å². The second-order valence-electron chi connectivity index (χ2n) is 2.06. The average Bonchev–Trinajstić information content (AvgIpc) is 2.49. The lowest BCUT2D eigenvalue weighted by Crippen LogP contribution is -1.77. The van der Waals surface area contributed by atoms with E-state index in [-0.39, 0.29) is 6.17 Å². The van der Waals surface area contributed by atoms with Crippen molar-refractivity contribution in [1.82, 2.24) is 15.0 Å². The molecule has 0 fully saturated rings. The molecule has 11 heavy (non-hydrogen) atoms. The molecule has 0 saturated heterocycles. The van der Waals surface area contributed by atoms with Crippen molar-refractivity contribution >= 4 is 11.0 Å². The first-order valence-corrected chi connectivity index (χ1v) is 3.08. The molecule has 0 aliphatic rings. The van der Waals surface area contributed by atoms with Crippen molar-refractivity contribution in [2.24, 2.45) is 0 Å². The molecule has 3 heteroatoms. The number of nitrogens with zero attached hydrogens (tertiary/aromatic N) is 2. The molecule has 0 bridgehead atoms. The van der Waals surface area contributed by atoms with Crippen LogP contribution < -0.4 is 0 Å². The SMILES string of the molecule is [2H]c1ncnc2[nH]cc(C#C)c12. The summed E-state index contributed by atoms with van der Waals surface area (Å²) in [7, 11) is 0. The lowest BCUT2D eigenvalue weighted by molar-refractivity contribution is 1.20. The van der Waals surface area contributed by atoms with E-state index in [0.29, 0.717) is 16.6 Å². The maximum Gasteiger partial charge on any atom is 0.141 e. The molecular formula is C8H5N3. The molecule has 0 saturated carbocycles. The third-order valence-electron chi connectivity index (χ3n) is 1.44. The monoisotopic (exact) mass is 144 g/mol. The van der Waals surface area contributed by atoms with Crippen molar-refractivity contribution in [3.05, 3.63) is 24.3 Å². The van der Waals surface area contributed by atoms with Crippen LogP contribution in [0.3, 0.4) is 0 Å². The molecule has 0 atom stereocenters. The molecule has 0 aromatic carbocycles. The van der Waals surface area contributed by atoms with Crippen LogP contribution in [0.1, 0.15) is 6.93 Å². The van der Waals surface area contributed by atoms with Crippen LogP contribution in [-0.2, 0) is 0 Å². The number of hydrogen-bond donors (Lipinski definition) is 1. The number of H-pyrrole nitrogens is 1. The van der Waals surface area contributed by atoms with Gasteiger partial charge in [-0.25, -0.2) is 9.97 Å². The Morgan fingerprint density at radius 2 is 2.64 bits per heavy atom. The van der Waals surface area contributed by atoms with E-state index in [1.165, 1.54) is 6.33 Å². The Bertz CT molecular complexity index is 467. The minimum Gasteiger partial charge on any atom is -0.345 e. The summed E-state index contributed by atoms with van der Waals surface area (Å²) in [5.74, 6) is 2.46. The van der Waals surface area contributed by atoms with Gasteiger partial charge in [0.25, 0.3) is 0 Å². The summed E-state index contributed by atoms with van der Waals surface area (Å²) in [6.07, 6.45) is 8.37. The molecule has 52 valence electrons. The average molecular weight is 144 g/mol. The van der Waals surface area contributed by atoms with Crippen LogP contribution in [0.25, 0.3) is 11.0 Å². The normalized spacial score (nSPS) is 11.0. The number of aromatic nitrogens is 3. The highest BCUT2D eigenvalue weighted by atomic mass is 14.9. The van der Waals surface area contributed by atoms with E-state index in [4.69, 9.17) is 7.79 Å². The molecule has 0 unspecified atom stereocenters. The third kappa shape index (κ3) is 0.767. The smallest absolute Gasteiger partial charge is 0.141 e. The van der Waals surface area contributed by atoms with Gasteiger partial charge in [-0.3, -0.25) is 0 Å². The summed E-state index contributed by atoms with van der Waals surface area (Å²) in [6.45, 7) is 0. The van der Waals surface area contributed by atoms with Gasteiger partial charge in [0.2, 0.25) is 0 Å². The highest BCUT2D eigenvalue weighted by Gasteiger charge is 1.99. The lowest BCUT2D eigenvalue weighted by atomic mass is 10.3. The maximum atomic E-state index is 7.46. The number of hydrogen-bond acceptors (Lipinski definition) is 2. The first kappa shape index (κ1) is 4.91. The summed E-state index contributed by atoms with van der Waals surface area (Å²) in [6, 6.07) is 0. The number of fused-ring (bicyclic) bond motifs is 1. The fourth-order valence-corrected chi connectivity index (χ4v) is 0.921. The lowest BCUT2D eigenvalue weighted by Gasteiger charge is -1.85. The Morgan fingerprint density at radius 1 is 1.73 bits per heavy atom. The van der Waals surface area contributed by atoms with Crippen LogP contribution in [0.4, 0.5) is 0 Å². The van der Waals surface area contributed by atoms with Crippen LogP contribution in [0.2, 0.25) is 0 Å². The minimum atomic E-state index is 0.161. The Kier molecular flexibility index (Phi) is 0.937. The zero-order valence-corrected chi connectivity index (χ0v) is 5.63. The summed E-state index contributed by atoms with van der Waals surface area (Å²) >= 11 is 0. The van der Waals surface area contributed by atoms with E-state index in [0.717, 1.165) is 0 Å². The predicted octanol–water partition coefficient (Wildman–Crippen LogP) is 0.939. The molecule has 0 amide bonds. The maximum absolute atomic E-state index is 7.46. The van der Waals surface area contributed by atoms with E-state index in [1.807, 2.05) is 0 Å². The van der Waals surface area contributed by atoms with E-state index >= 15 is 0 Å². The fraction of sp³-hybridized carbons (Fsp3) is 0. The van der Waals surface area contributed by atoms with Crippen molar-refractivity contribution in [3.8, 4) is 12.3 Å². The van der Waals surface area contributed by atoms with Crippen LogP contribution in [-0.4, -0.2) is 15.0 Å². The largest absolute Gasteiger partial charge is 0.345 e.